The number of hydrogen-bond acceptors (Lipinski definition) is 5. The van der Waals surface area contributed by atoms with Crippen molar-refractivity contribution in [3.63, 3.8) is 0 Å². The van der Waals surface area contributed by atoms with Crippen molar-refractivity contribution in [1.29, 1.82) is 0 Å². The molecule has 3 fully saturated rings. The van der Waals surface area contributed by atoms with Gasteiger partial charge in [0.15, 0.2) is 17.4 Å². The zero-order valence-corrected chi connectivity index (χ0v) is 23.6. The summed E-state index contributed by atoms with van der Waals surface area (Å²) < 4.78 is 54.4. The van der Waals surface area contributed by atoms with Crippen LogP contribution in [0.4, 0.5) is 18.9 Å². The number of pyridine rings is 1. The van der Waals surface area contributed by atoms with E-state index in [0.29, 0.717) is 32.1 Å². The lowest BCUT2D eigenvalue weighted by molar-refractivity contribution is 0.0278. The van der Waals surface area contributed by atoms with Crippen molar-refractivity contribution in [1.82, 2.24) is 9.47 Å². The quantitative estimate of drug-likeness (QED) is 0.441. The molecule has 3 atom stereocenters. The first-order valence-corrected chi connectivity index (χ1v) is 14.0. The molecule has 3 aromatic rings. The number of aromatic carboxylic acids is 1. The molecule has 218 valence electrons. The first kappa shape index (κ1) is 27.6. The lowest BCUT2D eigenvalue weighted by Gasteiger charge is -2.38. The van der Waals surface area contributed by atoms with Crippen LogP contribution in [0.2, 0.25) is 0 Å². The molecule has 2 heterocycles. The second-order valence-electron chi connectivity index (χ2n) is 12.6. The van der Waals surface area contributed by atoms with Crippen LogP contribution < -0.4 is 15.1 Å². The molecule has 0 radical (unpaired) electrons. The van der Waals surface area contributed by atoms with Gasteiger partial charge in [0.1, 0.15) is 23.2 Å². The maximum Gasteiger partial charge on any atom is 0.341 e. The van der Waals surface area contributed by atoms with Gasteiger partial charge in [0.2, 0.25) is 5.43 Å². The van der Waals surface area contributed by atoms with Gasteiger partial charge in [0, 0.05) is 49.5 Å². The topological polar surface area (TPSA) is 75.0 Å². The van der Waals surface area contributed by atoms with Gasteiger partial charge in [-0.3, -0.25) is 4.79 Å². The van der Waals surface area contributed by atoms with Crippen molar-refractivity contribution in [3.05, 3.63) is 63.7 Å². The highest BCUT2D eigenvalue weighted by molar-refractivity contribution is 5.94. The van der Waals surface area contributed by atoms with Gasteiger partial charge in [-0.1, -0.05) is 20.8 Å². The highest BCUT2D eigenvalue weighted by Crippen LogP contribution is 2.66. The highest BCUT2D eigenvalue weighted by Gasteiger charge is 2.62. The molecule has 10 heteroatoms. The summed E-state index contributed by atoms with van der Waals surface area (Å²) >= 11 is 0. The molecule has 3 aliphatic rings. The molecule has 1 aliphatic heterocycles. The average Bonchev–Trinajstić information content (AvgIpc) is 3.25. The number of benzene rings is 2. The van der Waals surface area contributed by atoms with E-state index in [2.05, 4.69) is 20.8 Å². The second kappa shape index (κ2) is 9.51. The van der Waals surface area contributed by atoms with Gasteiger partial charge in [-0.05, 0) is 55.8 Å². The van der Waals surface area contributed by atoms with Crippen molar-refractivity contribution < 1.29 is 27.8 Å². The van der Waals surface area contributed by atoms with E-state index in [-0.39, 0.29) is 39.6 Å². The molecule has 2 saturated carbocycles. The molecule has 2 aromatic carbocycles. The van der Waals surface area contributed by atoms with Crippen LogP contribution in [0.3, 0.4) is 0 Å². The van der Waals surface area contributed by atoms with Gasteiger partial charge in [-0.15, -0.1) is 0 Å². The molecule has 3 unspecified atom stereocenters. The number of halogens is 3. The summed E-state index contributed by atoms with van der Waals surface area (Å²) in [6, 6.07) is 4.94. The third-order valence-electron chi connectivity index (χ3n) is 10.4. The van der Waals surface area contributed by atoms with Crippen molar-refractivity contribution in [2.24, 2.45) is 16.7 Å². The molecule has 1 N–H and O–H groups in total. The van der Waals surface area contributed by atoms with Gasteiger partial charge in [0.05, 0.1) is 10.9 Å². The number of likely N-dealkylation sites (N-methyl/N-ethyl adjacent to an activating group) is 1. The molecule has 2 aliphatic carbocycles. The fourth-order valence-electron chi connectivity index (χ4n) is 7.28. The van der Waals surface area contributed by atoms with E-state index in [1.165, 1.54) is 12.1 Å². The van der Waals surface area contributed by atoms with Crippen LogP contribution in [-0.2, 0) is 0 Å². The monoisotopic (exact) mass is 569 g/mol. The number of aromatic nitrogens is 1. The molecule has 6 rings (SSSR count). The molecule has 7 nitrogen and oxygen atoms in total. The molecule has 1 aromatic heterocycles. The number of anilines is 1. The summed E-state index contributed by atoms with van der Waals surface area (Å²) in [6.07, 6.45) is 3.77. The Morgan fingerprint density at radius 2 is 1.76 bits per heavy atom. The maximum absolute atomic E-state index is 16.2. The van der Waals surface area contributed by atoms with Crippen LogP contribution in [0, 0.1) is 34.2 Å². The normalized spacial score (nSPS) is 25.7. The first-order valence-electron chi connectivity index (χ1n) is 14.0. The number of carbonyl (C=O) groups is 1. The molecular formula is C31H34F3N3O4. The van der Waals surface area contributed by atoms with E-state index in [1.54, 1.807) is 4.90 Å². The zero-order chi connectivity index (χ0) is 29.4. The smallest absolute Gasteiger partial charge is 0.341 e. The molecule has 1 saturated heterocycles. The van der Waals surface area contributed by atoms with Crippen LogP contribution in [0.15, 0.2) is 35.3 Å². The summed E-state index contributed by atoms with van der Waals surface area (Å²) in [5.41, 5.74) is -2.25. The third kappa shape index (κ3) is 4.13. The van der Waals surface area contributed by atoms with E-state index in [9.17, 15) is 14.7 Å². The highest BCUT2D eigenvalue weighted by atomic mass is 19.1. The Balaban J connectivity index is 1.45. The lowest BCUT2D eigenvalue weighted by atomic mass is 9.70. The standard InChI is InChI=1S/C31H34F3N3O4/c1-30(2)17-7-8-31(30,3)24(13-17)41-23-6-5-18(14-21(23)32)37-16-20(29(39)40)28(38)19-15-22(33)27(25(34)26(19)37)36-11-9-35(4)10-12-36/h5-6,14-17,24H,7-13H2,1-4H3,(H,39,40). The van der Waals surface area contributed by atoms with Crippen molar-refractivity contribution in [2.45, 2.75) is 46.1 Å². The molecule has 0 amide bonds. The molecular weight excluding hydrogens is 535 g/mol. The number of fused-ring (bicyclic) bond motifs is 3. The van der Waals surface area contributed by atoms with Gasteiger partial charge < -0.3 is 24.2 Å². The number of carboxylic acids is 1. The maximum atomic E-state index is 16.2. The predicted octanol–water partition coefficient (Wildman–Crippen LogP) is 5.45. The Hall–Kier alpha value is -3.53. The number of piperazine rings is 1. The van der Waals surface area contributed by atoms with Crippen LogP contribution in [0.5, 0.6) is 5.75 Å². The van der Waals surface area contributed by atoms with Gasteiger partial charge >= 0.3 is 5.97 Å². The van der Waals surface area contributed by atoms with Crippen LogP contribution >= 0.6 is 0 Å². The lowest BCUT2D eigenvalue weighted by Crippen LogP contribution is -2.45. The molecule has 41 heavy (non-hydrogen) atoms. The summed E-state index contributed by atoms with van der Waals surface area (Å²) in [5.74, 6) is -3.66. The summed E-state index contributed by atoms with van der Waals surface area (Å²) in [4.78, 5) is 28.5. The van der Waals surface area contributed by atoms with E-state index in [1.807, 2.05) is 11.9 Å². The number of rotatable bonds is 5. The van der Waals surface area contributed by atoms with Gasteiger partial charge in [0.25, 0.3) is 0 Å². The number of nitrogens with zero attached hydrogens (tertiary/aromatic N) is 3. The van der Waals surface area contributed by atoms with Crippen LogP contribution in [0.1, 0.15) is 50.4 Å². The largest absolute Gasteiger partial charge is 0.487 e. The minimum atomic E-state index is -1.55. The number of hydrogen-bond donors (Lipinski definition) is 1. The summed E-state index contributed by atoms with van der Waals surface area (Å²) in [5, 5.41) is 9.25. The fourth-order valence-corrected chi connectivity index (χ4v) is 7.28. The second-order valence-corrected chi connectivity index (χ2v) is 12.6. The van der Waals surface area contributed by atoms with Crippen molar-refractivity contribution >= 4 is 22.6 Å². The number of ether oxygens (including phenoxy) is 1. The first-order chi connectivity index (χ1) is 19.3. The van der Waals surface area contributed by atoms with E-state index in [4.69, 9.17) is 4.74 Å². The molecule has 2 bridgehead atoms. The van der Waals surface area contributed by atoms with E-state index >= 15 is 13.2 Å². The Morgan fingerprint density at radius 3 is 2.34 bits per heavy atom. The van der Waals surface area contributed by atoms with Crippen LogP contribution in [-0.4, -0.2) is 59.9 Å². The Morgan fingerprint density at radius 1 is 1.05 bits per heavy atom. The Labute approximate surface area is 236 Å². The Kier molecular flexibility index (Phi) is 6.41. The van der Waals surface area contributed by atoms with Gasteiger partial charge in [-0.25, -0.2) is 18.0 Å². The van der Waals surface area contributed by atoms with Crippen LogP contribution in [0.25, 0.3) is 16.6 Å². The van der Waals surface area contributed by atoms with Crippen molar-refractivity contribution in [2.75, 3.05) is 38.1 Å². The Bertz CT molecular complexity index is 1630. The minimum absolute atomic E-state index is 0.0526. The SMILES string of the molecule is CN1CCN(c2c(F)cc3c(=O)c(C(=O)O)cn(-c4ccc(OC5CC6CCC5(C)C6(C)C)c(F)c4)c3c2F)CC1. The summed E-state index contributed by atoms with van der Waals surface area (Å²) in [7, 11) is 1.91. The van der Waals surface area contributed by atoms with Gasteiger partial charge in [-0.2, -0.15) is 0 Å². The predicted molar refractivity (Wildman–Crippen MR) is 150 cm³/mol. The van der Waals surface area contributed by atoms with E-state index < -0.39 is 39.8 Å². The average molecular weight is 570 g/mol. The zero-order valence-electron chi connectivity index (χ0n) is 23.6. The fraction of sp³-hybridized carbons (Fsp3) is 0.484. The molecule has 0 spiro atoms. The third-order valence-corrected chi connectivity index (χ3v) is 10.4. The van der Waals surface area contributed by atoms with E-state index in [0.717, 1.165) is 42.2 Å². The summed E-state index contributed by atoms with van der Waals surface area (Å²) in [6.45, 7) is 8.58. The number of carboxylic acid groups (broad SMARTS) is 1. The van der Waals surface area contributed by atoms with Crippen molar-refractivity contribution in [3.8, 4) is 11.4 Å². The minimum Gasteiger partial charge on any atom is -0.487 e.